The minimum Gasteiger partial charge on any atom is -0.375 e. The van der Waals surface area contributed by atoms with Gasteiger partial charge in [0.2, 0.25) is 0 Å². The van der Waals surface area contributed by atoms with Crippen LogP contribution in [-0.2, 0) is 9.47 Å². The van der Waals surface area contributed by atoms with Crippen molar-refractivity contribution in [3.63, 3.8) is 0 Å². The van der Waals surface area contributed by atoms with Gasteiger partial charge in [-0.25, -0.2) is 0 Å². The number of rotatable bonds is 3. The first-order valence-electron chi connectivity index (χ1n) is 7.25. The summed E-state index contributed by atoms with van der Waals surface area (Å²) in [4.78, 5) is 0. The maximum Gasteiger partial charge on any atom is 0.0892 e. The molecule has 0 radical (unpaired) electrons. The zero-order chi connectivity index (χ0) is 12.6. The van der Waals surface area contributed by atoms with Crippen LogP contribution in [0.5, 0.6) is 0 Å². The minimum atomic E-state index is 0.0862. The number of hydrogen-bond acceptors (Lipinski definition) is 2. The molecule has 2 rings (SSSR count). The van der Waals surface area contributed by atoms with Crippen LogP contribution in [0.2, 0.25) is 0 Å². The molecule has 2 heteroatoms. The fourth-order valence-corrected chi connectivity index (χ4v) is 4.13. The van der Waals surface area contributed by atoms with Crippen molar-refractivity contribution in [2.45, 2.75) is 71.7 Å². The molecule has 0 amide bonds. The van der Waals surface area contributed by atoms with Crippen LogP contribution in [0.3, 0.4) is 0 Å². The van der Waals surface area contributed by atoms with Crippen LogP contribution in [0, 0.1) is 17.8 Å². The maximum atomic E-state index is 6.41. The van der Waals surface area contributed by atoms with E-state index in [1.807, 2.05) is 0 Å². The lowest BCUT2D eigenvalue weighted by Gasteiger charge is -2.37. The number of ether oxygens (including phenoxy) is 2. The van der Waals surface area contributed by atoms with Crippen LogP contribution in [0.4, 0.5) is 0 Å². The van der Waals surface area contributed by atoms with Crippen LogP contribution in [0.25, 0.3) is 0 Å². The van der Waals surface area contributed by atoms with Gasteiger partial charge in [-0.15, -0.1) is 0 Å². The molecule has 0 saturated carbocycles. The van der Waals surface area contributed by atoms with Crippen LogP contribution >= 0.6 is 0 Å². The highest BCUT2D eigenvalue weighted by Crippen LogP contribution is 2.49. The van der Waals surface area contributed by atoms with E-state index in [0.29, 0.717) is 23.9 Å². The molecular weight excluding hydrogens is 212 g/mol. The van der Waals surface area contributed by atoms with Crippen molar-refractivity contribution in [3.8, 4) is 0 Å². The average Bonchev–Trinajstić information content (AvgIpc) is 2.36. The second-order valence-corrected chi connectivity index (χ2v) is 6.69. The quantitative estimate of drug-likeness (QED) is 0.750. The molecule has 0 aromatic heterocycles. The zero-order valence-corrected chi connectivity index (χ0v) is 12.0. The number of hydrogen-bond donors (Lipinski definition) is 0. The third-order valence-electron chi connectivity index (χ3n) is 4.37. The SMILES string of the molecule is CC(C)CC12CCCOC(C(C)O1)C2C(C)C. The Hall–Kier alpha value is -0.0800. The van der Waals surface area contributed by atoms with Gasteiger partial charge in [-0.05, 0) is 38.0 Å². The van der Waals surface area contributed by atoms with Crippen LogP contribution < -0.4 is 0 Å². The Morgan fingerprint density at radius 2 is 1.94 bits per heavy atom. The Balaban J connectivity index is 2.29. The summed E-state index contributed by atoms with van der Waals surface area (Å²) in [6.07, 6.45) is 4.09. The Morgan fingerprint density at radius 3 is 2.53 bits per heavy atom. The highest BCUT2D eigenvalue weighted by Gasteiger charge is 2.55. The van der Waals surface area contributed by atoms with E-state index in [0.717, 1.165) is 13.0 Å². The lowest BCUT2D eigenvalue weighted by atomic mass is 9.72. The largest absolute Gasteiger partial charge is 0.375 e. The minimum absolute atomic E-state index is 0.0862. The molecule has 2 heterocycles. The van der Waals surface area contributed by atoms with Crippen LogP contribution in [0.1, 0.15) is 53.9 Å². The monoisotopic (exact) mass is 240 g/mol. The average molecular weight is 240 g/mol. The molecule has 2 fully saturated rings. The van der Waals surface area contributed by atoms with Crippen molar-refractivity contribution < 1.29 is 9.47 Å². The summed E-state index contributed by atoms with van der Waals surface area (Å²) in [6, 6.07) is 0. The van der Waals surface area contributed by atoms with Gasteiger partial charge in [-0.1, -0.05) is 27.7 Å². The lowest BCUT2D eigenvalue weighted by Crippen LogP contribution is -2.41. The molecule has 4 unspecified atom stereocenters. The van der Waals surface area contributed by atoms with Crippen LogP contribution in [-0.4, -0.2) is 24.4 Å². The van der Waals surface area contributed by atoms with Crippen molar-refractivity contribution in [2.75, 3.05) is 6.61 Å². The molecule has 4 atom stereocenters. The summed E-state index contributed by atoms with van der Waals surface area (Å²) in [6.45, 7) is 12.4. The van der Waals surface area contributed by atoms with E-state index in [9.17, 15) is 0 Å². The fourth-order valence-electron chi connectivity index (χ4n) is 4.13. The van der Waals surface area contributed by atoms with E-state index in [2.05, 4.69) is 34.6 Å². The summed E-state index contributed by atoms with van der Waals surface area (Å²) in [5.41, 5.74) is 0.0862. The van der Waals surface area contributed by atoms with Gasteiger partial charge in [0, 0.05) is 12.5 Å². The zero-order valence-electron chi connectivity index (χ0n) is 12.0. The number of fused-ring (bicyclic) bond motifs is 2. The normalized spacial score (nSPS) is 42.2. The van der Waals surface area contributed by atoms with Gasteiger partial charge < -0.3 is 9.47 Å². The maximum absolute atomic E-state index is 6.41. The highest BCUT2D eigenvalue weighted by molar-refractivity contribution is 5.03. The van der Waals surface area contributed by atoms with Gasteiger partial charge in [0.05, 0.1) is 17.8 Å². The molecule has 0 aliphatic carbocycles. The van der Waals surface area contributed by atoms with Gasteiger partial charge in [-0.2, -0.15) is 0 Å². The molecule has 2 bridgehead atoms. The standard InChI is InChI=1S/C15H28O2/c1-10(2)9-15-7-6-8-16-14(12(5)17-15)13(15)11(3)4/h10-14H,6-9H2,1-5H3. The van der Waals surface area contributed by atoms with Gasteiger partial charge in [0.25, 0.3) is 0 Å². The Bertz CT molecular complexity index is 258. The molecule has 2 saturated heterocycles. The van der Waals surface area contributed by atoms with E-state index in [1.54, 1.807) is 0 Å². The van der Waals surface area contributed by atoms with E-state index < -0.39 is 0 Å². The Morgan fingerprint density at radius 1 is 1.24 bits per heavy atom. The first-order chi connectivity index (χ1) is 7.96. The van der Waals surface area contributed by atoms with Crippen molar-refractivity contribution in [1.82, 2.24) is 0 Å². The first-order valence-corrected chi connectivity index (χ1v) is 7.25. The topological polar surface area (TPSA) is 18.5 Å². The second-order valence-electron chi connectivity index (χ2n) is 6.69. The predicted molar refractivity (Wildman–Crippen MR) is 70.0 cm³/mol. The van der Waals surface area contributed by atoms with Gasteiger partial charge >= 0.3 is 0 Å². The predicted octanol–water partition coefficient (Wildman–Crippen LogP) is 3.64. The van der Waals surface area contributed by atoms with Gasteiger partial charge in [0.1, 0.15) is 0 Å². The van der Waals surface area contributed by atoms with E-state index in [1.165, 1.54) is 12.8 Å². The molecule has 2 nitrogen and oxygen atoms in total. The third kappa shape index (κ3) is 2.39. The molecule has 0 N–H and O–H groups in total. The second kappa shape index (κ2) is 4.89. The van der Waals surface area contributed by atoms with Crippen molar-refractivity contribution in [1.29, 1.82) is 0 Å². The summed E-state index contributed by atoms with van der Waals surface area (Å²) in [7, 11) is 0. The first kappa shape index (κ1) is 13.4. The fraction of sp³-hybridized carbons (Fsp3) is 1.00. The molecule has 2 aliphatic heterocycles. The summed E-state index contributed by atoms with van der Waals surface area (Å²) in [5, 5.41) is 0. The van der Waals surface area contributed by atoms with Crippen molar-refractivity contribution in [3.05, 3.63) is 0 Å². The lowest BCUT2D eigenvalue weighted by molar-refractivity contribution is -0.0904. The van der Waals surface area contributed by atoms with Crippen LogP contribution in [0.15, 0.2) is 0 Å². The Kier molecular flexibility index (Phi) is 3.84. The smallest absolute Gasteiger partial charge is 0.0892 e. The Labute approximate surface area is 106 Å². The summed E-state index contributed by atoms with van der Waals surface area (Å²) >= 11 is 0. The van der Waals surface area contributed by atoms with Gasteiger partial charge in [-0.3, -0.25) is 0 Å². The molecule has 17 heavy (non-hydrogen) atoms. The molecule has 0 aromatic rings. The van der Waals surface area contributed by atoms with E-state index in [4.69, 9.17) is 9.47 Å². The van der Waals surface area contributed by atoms with E-state index >= 15 is 0 Å². The summed E-state index contributed by atoms with van der Waals surface area (Å²) < 4.78 is 12.5. The molecule has 100 valence electrons. The van der Waals surface area contributed by atoms with E-state index in [-0.39, 0.29) is 11.7 Å². The van der Waals surface area contributed by atoms with Gasteiger partial charge in [0.15, 0.2) is 0 Å². The van der Waals surface area contributed by atoms with Crippen molar-refractivity contribution in [2.24, 2.45) is 17.8 Å². The molecule has 0 aromatic carbocycles. The summed E-state index contributed by atoms with van der Waals surface area (Å²) in [5.74, 6) is 1.91. The molecular formula is C15H28O2. The molecule has 2 aliphatic rings. The molecule has 0 spiro atoms. The third-order valence-corrected chi connectivity index (χ3v) is 4.37. The van der Waals surface area contributed by atoms with Crippen molar-refractivity contribution >= 4 is 0 Å². The highest BCUT2D eigenvalue weighted by atomic mass is 16.6.